The average molecular weight is 836 g/mol. The lowest BCUT2D eigenvalue weighted by Gasteiger charge is -2.47. The van der Waals surface area contributed by atoms with Gasteiger partial charge >= 0.3 is 11.9 Å². The van der Waals surface area contributed by atoms with Crippen molar-refractivity contribution in [3.63, 3.8) is 0 Å². The molecular weight excluding hydrogens is 778 g/mol. The maximum atomic E-state index is 13.1. The summed E-state index contributed by atoms with van der Waals surface area (Å²) in [6.45, 7) is 7.13. The number of amides is 1. The first-order valence-electron chi connectivity index (χ1n) is 21.6. The number of aliphatic carboxylic acids is 2. The van der Waals surface area contributed by atoms with Gasteiger partial charge in [-0.1, -0.05) is 74.8 Å². The summed E-state index contributed by atoms with van der Waals surface area (Å²) in [5.74, 6) is 0.264. The van der Waals surface area contributed by atoms with Crippen molar-refractivity contribution in [3.05, 3.63) is 118 Å². The molecule has 0 radical (unpaired) electrons. The number of nitrogens with zero attached hydrogens (tertiary/aromatic N) is 1. The van der Waals surface area contributed by atoms with Gasteiger partial charge in [-0.05, 0) is 147 Å². The van der Waals surface area contributed by atoms with Crippen LogP contribution in [0.25, 0.3) is 0 Å². The Balaban J connectivity index is 1.06. The number of hydrogen-bond donors (Lipinski definition) is 4. The third-order valence-electron chi connectivity index (χ3n) is 13.6. The Hall–Kier alpha value is -5.09. The van der Waals surface area contributed by atoms with Crippen LogP contribution in [0.1, 0.15) is 119 Å². The molecule has 0 bridgehead atoms. The Morgan fingerprint density at radius 1 is 0.983 bits per heavy atom. The molecule has 1 aromatic heterocycles. The maximum absolute atomic E-state index is 13.1. The first-order chi connectivity index (χ1) is 28.9. The minimum absolute atomic E-state index is 0.108. The second kappa shape index (κ2) is 18.3. The van der Waals surface area contributed by atoms with E-state index >= 15 is 0 Å². The van der Waals surface area contributed by atoms with Gasteiger partial charge < -0.3 is 30.3 Å². The summed E-state index contributed by atoms with van der Waals surface area (Å²) >= 11 is 6.30. The van der Waals surface area contributed by atoms with Gasteiger partial charge in [-0.3, -0.25) is 9.78 Å². The van der Waals surface area contributed by atoms with Crippen LogP contribution >= 0.6 is 11.6 Å². The highest BCUT2D eigenvalue weighted by Crippen LogP contribution is 2.57. The van der Waals surface area contributed by atoms with Crippen LogP contribution in [0.4, 0.5) is 5.69 Å². The molecule has 10 nitrogen and oxygen atoms in total. The second-order valence-electron chi connectivity index (χ2n) is 17.4. The number of benzene rings is 3. The van der Waals surface area contributed by atoms with Crippen molar-refractivity contribution in [2.45, 2.75) is 120 Å². The van der Waals surface area contributed by atoms with E-state index < -0.39 is 23.0 Å². The number of carboxylic acids is 2. The van der Waals surface area contributed by atoms with Gasteiger partial charge in [0.1, 0.15) is 17.0 Å². The molecule has 1 spiro atoms. The molecule has 1 heterocycles. The number of carbonyl (C=O) groups is 3. The molecular formula is C49H58ClN3O7. The standard InChI is InChI=1S/C49H58ClN3O7/c1-4-49(46(57)58,35-12-6-5-7-13-35)53-43(54)17-10-26-59-39-19-18-34-28-36(27-32(2)31-60-42-20-25-51-41-16-8-11-33(3)44(41)42)47(40(34)30-39)21-23-48(24-22-47,45(55)56)52-38-15-9-14-37(50)29-38/h5-7,9,12-15,18-20,25,29-30,32-33,36,52H,4,8,10-11,16-17,21-24,26-28,31H2,1-3H3,(H,53,54)(H,55,56)(H,57,58)/t32-,33-,36?,47?,48?,49?/m1/s1. The molecule has 1 saturated carbocycles. The molecule has 4 atom stereocenters. The lowest BCUT2D eigenvalue weighted by atomic mass is 9.59. The number of rotatable bonds is 17. The van der Waals surface area contributed by atoms with Crippen molar-refractivity contribution in [1.82, 2.24) is 10.3 Å². The van der Waals surface area contributed by atoms with Crippen LogP contribution in [0.2, 0.25) is 5.02 Å². The molecule has 4 N–H and O–H groups in total. The number of hydrogen-bond acceptors (Lipinski definition) is 7. The highest BCUT2D eigenvalue weighted by atomic mass is 35.5. The molecule has 318 valence electrons. The Kier molecular flexibility index (Phi) is 13.1. The normalized spacial score (nSPS) is 23.4. The highest BCUT2D eigenvalue weighted by Gasteiger charge is 2.54. The van der Waals surface area contributed by atoms with Crippen molar-refractivity contribution in [2.24, 2.45) is 11.8 Å². The van der Waals surface area contributed by atoms with Gasteiger partial charge in [-0.2, -0.15) is 0 Å². The summed E-state index contributed by atoms with van der Waals surface area (Å²) in [7, 11) is 0. The van der Waals surface area contributed by atoms with E-state index in [-0.39, 0.29) is 42.6 Å². The van der Waals surface area contributed by atoms with E-state index in [9.17, 15) is 24.6 Å². The fourth-order valence-corrected chi connectivity index (χ4v) is 10.5. The Bertz CT molecular complexity index is 2170. The van der Waals surface area contributed by atoms with Crippen molar-refractivity contribution in [3.8, 4) is 11.5 Å². The number of carboxylic acid groups (broad SMARTS) is 2. The van der Waals surface area contributed by atoms with Gasteiger partial charge in [0.15, 0.2) is 5.54 Å². The summed E-state index contributed by atoms with van der Waals surface area (Å²) < 4.78 is 12.9. The first kappa shape index (κ1) is 43.0. The van der Waals surface area contributed by atoms with Crippen LogP contribution in [-0.4, -0.2) is 51.8 Å². The molecule has 3 aromatic carbocycles. The van der Waals surface area contributed by atoms with Gasteiger partial charge in [-0.25, -0.2) is 9.59 Å². The van der Waals surface area contributed by atoms with E-state index in [4.69, 9.17) is 21.1 Å². The van der Waals surface area contributed by atoms with E-state index in [1.807, 2.05) is 36.5 Å². The lowest BCUT2D eigenvalue weighted by molar-refractivity contribution is -0.148. The van der Waals surface area contributed by atoms with E-state index in [1.54, 1.807) is 43.3 Å². The third-order valence-corrected chi connectivity index (χ3v) is 13.8. The number of nitrogens with one attached hydrogen (secondary N) is 2. The van der Waals surface area contributed by atoms with E-state index in [0.29, 0.717) is 66.7 Å². The number of anilines is 1. The Morgan fingerprint density at radius 3 is 2.48 bits per heavy atom. The molecule has 3 aliphatic rings. The van der Waals surface area contributed by atoms with Crippen molar-refractivity contribution < 1.29 is 34.1 Å². The number of fused-ring (bicyclic) bond motifs is 3. The Morgan fingerprint density at radius 2 is 1.77 bits per heavy atom. The Labute approximate surface area is 358 Å². The number of aromatic nitrogens is 1. The minimum Gasteiger partial charge on any atom is -0.494 e. The molecule has 0 aliphatic heterocycles. The summed E-state index contributed by atoms with van der Waals surface area (Å²) in [6, 6.07) is 24.3. The van der Waals surface area contributed by atoms with Crippen LogP contribution < -0.4 is 20.1 Å². The van der Waals surface area contributed by atoms with Crippen LogP contribution in [0, 0.1) is 11.8 Å². The fourth-order valence-electron chi connectivity index (χ4n) is 10.3. The molecule has 1 fully saturated rings. The summed E-state index contributed by atoms with van der Waals surface area (Å²) in [4.78, 5) is 43.3. The van der Waals surface area contributed by atoms with Crippen LogP contribution in [-0.2, 0) is 38.2 Å². The van der Waals surface area contributed by atoms with Gasteiger partial charge in [0, 0.05) is 34.6 Å². The zero-order valence-electron chi connectivity index (χ0n) is 35.0. The molecule has 60 heavy (non-hydrogen) atoms. The predicted octanol–water partition coefficient (Wildman–Crippen LogP) is 9.86. The molecule has 4 aromatic rings. The average Bonchev–Trinajstić information content (AvgIpc) is 3.52. The van der Waals surface area contributed by atoms with E-state index in [1.165, 1.54) is 16.7 Å². The largest absolute Gasteiger partial charge is 0.494 e. The zero-order chi connectivity index (χ0) is 42.5. The second-order valence-corrected chi connectivity index (χ2v) is 17.9. The van der Waals surface area contributed by atoms with Gasteiger partial charge in [0.25, 0.3) is 0 Å². The molecule has 3 aliphatic carbocycles. The quantitative estimate of drug-likeness (QED) is 0.0764. The molecule has 7 rings (SSSR count). The van der Waals surface area contributed by atoms with Gasteiger partial charge in [0.05, 0.1) is 13.2 Å². The third kappa shape index (κ3) is 8.85. The number of pyridine rings is 1. The molecule has 0 saturated heterocycles. The molecule has 2 unspecified atom stereocenters. The minimum atomic E-state index is -1.51. The topological polar surface area (TPSA) is 147 Å². The van der Waals surface area contributed by atoms with E-state index in [2.05, 4.69) is 41.6 Å². The fraction of sp³-hybridized carbons (Fsp3) is 0.469. The summed E-state index contributed by atoms with van der Waals surface area (Å²) in [6.07, 6.45) is 9.90. The van der Waals surface area contributed by atoms with Crippen LogP contribution in [0.15, 0.2) is 85.1 Å². The smallest absolute Gasteiger partial charge is 0.334 e. The molecule has 1 amide bonds. The maximum Gasteiger partial charge on any atom is 0.334 e. The number of carbonyl (C=O) groups excluding carboxylic acids is 1. The SMILES string of the molecule is CCC(NC(=O)CCCOc1ccc2c(c1)C1(CCC(Nc3cccc(Cl)c3)(C(=O)O)CC1)C(C[C@@H](C)COc1ccnc3c1[C@H](C)CCC3)C2)(C(=O)O)c1ccccc1. The highest BCUT2D eigenvalue weighted by molar-refractivity contribution is 6.30. The van der Waals surface area contributed by atoms with Gasteiger partial charge in [-0.15, -0.1) is 0 Å². The summed E-state index contributed by atoms with van der Waals surface area (Å²) in [5, 5.41) is 27.6. The lowest BCUT2D eigenvalue weighted by Crippen LogP contribution is -2.53. The number of aryl methyl sites for hydroxylation is 1. The van der Waals surface area contributed by atoms with Crippen molar-refractivity contribution in [1.29, 1.82) is 0 Å². The molecule has 11 heteroatoms. The van der Waals surface area contributed by atoms with Crippen molar-refractivity contribution in [2.75, 3.05) is 18.5 Å². The zero-order valence-corrected chi connectivity index (χ0v) is 35.7. The van der Waals surface area contributed by atoms with Gasteiger partial charge in [0.2, 0.25) is 5.91 Å². The first-order valence-corrected chi connectivity index (χ1v) is 22.0. The number of halogens is 1. The van der Waals surface area contributed by atoms with E-state index in [0.717, 1.165) is 43.5 Å². The van der Waals surface area contributed by atoms with Crippen LogP contribution in [0.5, 0.6) is 11.5 Å². The van der Waals surface area contributed by atoms with Crippen LogP contribution in [0.3, 0.4) is 0 Å². The summed E-state index contributed by atoms with van der Waals surface area (Å²) in [5.41, 5.74) is 3.19. The monoisotopic (exact) mass is 835 g/mol. The van der Waals surface area contributed by atoms with Crippen molar-refractivity contribution >= 4 is 35.1 Å². The predicted molar refractivity (Wildman–Crippen MR) is 233 cm³/mol. The number of ether oxygens (including phenoxy) is 2.